The number of nitrogens with one attached hydrogen (secondary N) is 1. The van der Waals surface area contributed by atoms with Crippen LogP contribution in [0.3, 0.4) is 0 Å². The molecule has 194 valence electrons. The van der Waals surface area contributed by atoms with E-state index in [1.165, 1.54) is 25.6 Å². The van der Waals surface area contributed by atoms with E-state index in [1.54, 1.807) is 4.68 Å². The van der Waals surface area contributed by atoms with Crippen LogP contribution in [0.5, 0.6) is 11.5 Å². The number of benzene rings is 1. The van der Waals surface area contributed by atoms with E-state index in [4.69, 9.17) is 18.9 Å². The highest BCUT2D eigenvalue weighted by Gasteiger charge is 2.20. The van der Waals surface area contributed by atoms with Crippen molar-refractivity contribution in [2.24, 2.45) is 7.05 Å². The summed E-state index contributed by atoms with van der Waals surface area (Å²) in [6.07, 6.45) is 6.90. The fourth-order valence-electron chi connectivity index (χ4n) is 3.90. The Morgan fingerprint density at radius 1 is 1.14 bits per heavy atom. The number of ether oxygens (including phenoxy) is 4. The molecule has 3 heterocycles. The summed E-state index contributed by atoms with van der Waals surface area (Å²) in [7, 11) is 3.17. The van der Waals surface area contributed by atoms with E-state index in [0.29, 0.717) is 36.8 Å². The molecule has 1 fully saturated rings. The van der Waals surface area contributed by atoms with Crippen molar-refractivity contribution in [2.45, 2.75) is 58.5 Å². The summed E-state index contributed by atoms with van der Waals surface area (Å²) in [6, 6.07) is 3.24. The van der Waals surface area contributed by atoms with Gasteiger partial charge in [-0.15, -0.1) is 0 Å². The molecule has 1 aliphatic heterocycles. The summed E-state index contributed by atoms with van der Waals surface area (Å²) in [5.74, 6) is -0.299. The largest absolute Gasteiger partial charge is 0.494 e. The van der Waals surface area contributed by atoms with Gasteiger partial charge in [0, 0.05) is 19.7 Å². The third kappa shape index (κ3) is 6.27. The minimum atomic E-state index is -0.779. The third-order valence-electron chi connectivity index (χ3n) is 5.86. The van der Waals surface area contributed by atoms with Gasteiger partial charge in [0.25, 0.3) is 0 Å². The van der Waals surface area contributed by atoms with Crippen LogP contribution < -0.4 is 14.8 Å². The molecule has 0 bridgehead atoms. The molecule has 9 nitrogen and oxygen atoms in total. The minimum Gasteiger partial charge on any atom is -0.494 e. The Balaban J connectivity index is 1.36. The summed E-state index contributed by atoms with van der Waals surface area (Å²) in [5, 5.41) is 7.43. The van der Waals surface area contributed by atoms with Gasteiger partial charge in [-0.3, -0.25) is 4.68 Å². The molecular formula is C25H31F2N5O4. The second-order valence-corrected chi connectivity index (χ2v) is 8.50. The summed E-state index contributed by atoms with van der Waals surface area (Å²) in [5.41, 5.74) is 1.06. The van der Waals surface area contributed by atoms with E-state index < -0.39 is 11.6 Å². The van der Waals surface area contributed by atoms with E-state index in [-0.39, 0.29) is 30.0 Å². The number of methoxy groups -OCH3 is 1. The first-order valence-electron chi connectivity index (χ1n) is 12.0. The smallest absolute Gasteiger partial charge is 0.228 e. The SMILES string of the molecule is CCCc1cc(OC)c(F)c(COc2cnc(Nc3cc(COC4CCCCO4)n(C)n3)nc2)c1F. The van der Waals surface area contributed by atoms with Crippen molar-refractivity contribution < 1.29 is 27.7 Å². The Bertz CT molecular complexity index is 1150. The highest BCUT2D eigenvalue weighted by molar-refractivity contribution is 5.48. The molecule has 2 aromatic heterocycles. The zero-order valence-corrected chi connectivity index (χ0v) is 20.7. The highest BCUT2D eigenvalue weighted by atomic mass is 19.1. The van der Waals surface area contributed by atoms with Gasteiger partial charge in [-0.1, -0.05) is 13.3 Å². The molecule has 1 unspecified atom stereocenters. The van der Waals surface area contributed by atoms with Gasteiger partial charge in [-0.2, -0.15) is 5.10 Å². The molecule has 1 aliphatic rings. The maximum absolute atomic E-state index is 14.8. The summed E-state index contributed by atoms with van der Waals surface area (Å²) < 4.78 is 53.2. The molecular weight excluding hydrogens is 472 g/mol. The summed E-state index contributed by atoms with van der Waals surface area (Å²) in [4.78, 5) is 8.42. The average molecular weight is 504 g/mol. The lowest BCUT2D eigenvalue weighted by atomic mass is 10.0. The Kier molecular flexibility index (Phi) is 8.65. The molecule has 0 saturated carbocycles. The van der Waals surface area contributed by atoms with Gasteiger partial charge in [-0.05, 0) is 37.3 Å². The molecule has 1 saturated heterocycles. The van der Waals surface area contributed by atoms with Crippen LogP contribution >= 0.6 is 0 Å². The van der Waals surface area contributed by atoms with Crippen LogP contribution in [0.1, 0.15) is 49.4 Å². The molecule has 36 heavy (non-hydrogen) atoms. The Hall–Kier alpha value is -3.31. The van der Waals surface area contributed by atoms with Gasteiger partial charge in [0.15, 0.2) is 29.4 Å². The standard InChI is InChI=1S/C25H31F2N5O4/c1-4-7-16-10-20(33-3)24(27)19(23(16)26)15-35-18-12-28-25(29-13-18)30-21-11-17(32(2)31-21)14-36-22-8-5-6-9-34-22/h10-13,22H,4-9,14-15H2,1-3H3,(H,28,29,30,31). The highest BCUT2D eigenvalue weighted by Crippen LogP contribution is 2.28. The normalized spacial score (nSPS) is 15.6. The average Bonchev–Trinajstić information content (AvgIpc) is 3.24. The van der Waals surface area contributed by atoms with E-state index in [0.717, 1.165) is 31.6 Å². The fraction of sp³-hybridized carbons (Fsp3) is 0.480. The van der Waals surface area contributed by atoms with Crippen molar-refractivity contribution in [2.75, 3.05) is 19.0 Å². The van der Waals surface area contributed by atoms with E-state index in [1.807, 2.05) is 20.0 Å². The molecule has 1 N–H and O–H groups in total. The van der Waals surface area contributed by atoms with Crippen LogP contribution in [-0.4, -0.2) is 39.8 Å². The van der Waals surface area contributed by atoms with Crippen LogP contribution in [0.2, 0.25) is 0 Å². The molecule has 1 atom stereocenters. The second-order valence-electron chi connectivity index (χ2n) is 8.50. The van der Waals surface area contributed by atoms with E-state index in [9.17, 15) is 8.78 Å². The number of aryl methyl sites for hydroxylation is 2. The zero-order chi connectivity index (χ0) is 25.5. The molecule has 1 aromatic carbocycles. The van der Waals surface area contributed by atoms with Crippen LogP contribution in [0.4, 0.5) is 20.5 Å². The summed E-state index contributed by atoms with van der Waals surface area (Å²) >= 11 is 0. The molecule has 0 radical (unpaired) electrons. The van der Waals surface area contributed by atoms with Crippen LogP contribution in [0.25, 0.3) is 0 Å². The van der Waals surface area contributed by atoms with Gasteiger partial charge in [-0.25, -0.2) is 18.7 Å². The Labute approximate surface area is 208 Å². The number of halogens is 2. The van der Waals surface area contributed by atoms with Crippen molar-refractivity contribution in [1.29, 1.82) is 0 Å². The number of anilines is 2. The van der Waals surface area contributed by atoms with E-state index in [2.05, 4.69) is 20.4 Å². The summed E-state index contributed by atoms with van der Waals surface area (Å²) in [6.45, 7) is 2.70. The zero-order valence-electron chi connectivity index (χ0n) is 20.7. The first-order chi connectivity index (χ1) is 17.5. The monoisotopic (exact) mass is 503 g/mol. The van der Waals surface area contributed by atoms with Gasteiger partial charge < -0.3 is 24.3 Å². The maximum Gasteiger partial charge on any atom is 0.228 e. The van der Waals surface area contributed by atoms with Gasteiger partial charge in [0.1, 0.15) is 12.4 Å². The minimum absolute atomic E-state index is 0.0133. The van der Waals surface area contributed by atoms with Gasteiger partial charge in [0.2, 0.25) is 5.95 Å². The van der Waals surface area contributed by atoms with Crippen molar-refractivity contribution in [3.8, 4) is 11.5 Å². The number of nitrogens with zero attached hydrogens (tertiary/aromatic N) is 4. The molecule has 0 amide bonds. The molecule has 11 heteroatoms. The first-order valence-corrected chi connectivity index (χ1v) is 12.0. The van der Waals surface area contributed by atoms with Crippen molar-refractivity contribution in [1.82, 2.24) is 19.7 Å². The number of rotatable bonds is 11. The topological polar surface area (TPSA) is 92.6 Å². The van der Waals surface area contributed by atoms with Crippen molar-refractivity contribution in [3.63, 3.8) is 0 Å². The predicted octanol–water partition coefficient (Wildman–Crippen LogP) is 4.82. The second kappa shape index (κ2) is 12.1. The van der Waals surface area contributed by atoms with Crippen molar-refractivity contribution in [3.05, 3.63) is 53.0 Å². The lowest BCUT2D eigenvalue weighted by Crippen LogP contribution is -2.22. The third-order valence-corrected chi connectivity index (χ3v) is 5.86. The maximum atomic E-state index is 14.8. The van der Waals surface area contributed by atoms with E-state index >= 15 is 0 Å². The molecule has 0 spiro atoms. The lowest BCUT2D eigenvalue weighted by molar-refractivity contribution is -0.169. The number of hydrogen-bond acceptors (Lipinski definition) is 8. The molecule has 3 aromatic rings. The van der Waals surface area contributed by atoms with Crippen LogP contribution in [0, 0.1) is 11.6 Å². The first kappa shape index (κ1) is 25.8. The number of hydrogen-bond donors (Lipinski definition) is 1. The Morgan fingerprint density at radius 3 is 2.64 bits per heavy atom. The predicted molar refractivity (Wildman–Crippen MR) is 128 cm³/mol. The van der Waals surface area contributed by atoms with Crippen LogP contribution in [0.15, 0.2) is 24.5 Å². The number of aromatic nitrogens is 4. The quantitative estimate of drug-likeness (QED) is 0.398. The van der Waals surface area contributed by atoms with Gasteiger partial charge >= 0.3 is 0 Å². The fourth-order valence-corrected chi connectivity index (χ4v) is 3.90. The lowest BCUT2D eigenvalue weighted by Gasteiger charge is -2.22. The van der Waals surface area contributed by atoms with Crippen LogP contribution in [-0.2, 0) is 36.2 Å². The molecule has 0 aliphatic carbocycles. The van der Waals surface area contributed by atoms with Crippen molar-refractivity contribution >= 4 is 11.8 Å². The van der Waals surface area contributed by atoms with Gasteiger partial charge in [0.05, 0.1) is 37.4 Å². The Morgan fingerprint density at radius 2 is 1.94 bits per heavy atom. The molecule has 4 rings (SSSR count).